The van der Waals surface area contributed by atoms with Crippen LogP contribution in [-0.2, 0) is 4.79 Å². The maximum Gasteiger partial charge on any atom is 0.393 e. The first kappa shape index (κ1) is 27.3. The van der Waals surface area contributed by atoms with Gasteiger partial charge in [0.05, 0.1) is 5.41 Å². The smallest absolute Gasteiger partial charge is 0.352 e. The average Bonchev–Trinajstić information content (AvgIpc) is 2.51. The quantitative estimate of drug-likeness (QED) is 0.544. The lowest BCUT2D eigenvalue weighted by atomic mass is 9.87. The minimum Gasteiger partial charge on any atom is -0.352 e. The number of rotatable bonds is 7. The van der Waals surface area contributed by atoms with Crippen LogP contribution in [0.3, 0.4) is 0 Å². The number of halogens is 3. The van der Waals surface area contributed by atoms with Crippen molar-refractivity contribution in [3.05, 3.63) is 36.5 Å². The zero-order chi connectivity index (χ0) is 20.0. The Morgan fingerprint density at radius 2 is 1.50 bits per heavy atom. The second kappa shape index (κ2) is 13.9. The number of carbonyl (C=O) groups is 1. The minimum atomic E-state index is -4.30. The van der Waals surface area contributed by atoms with Crippen molar-refractivity contribution >= 4 is 5.91 Å². The summed E-state index contributed by atoms with van der Waals surface area (Å²) in [5.74, 6) is -0.410. The molecule has 0 heterocycles. The van der Waals surface area contributed by atoms with Gasteiger partial charge in [0.25, 0.3) is 0 Å². The Morgan fingerprint density at radius 1 is 1.04 bits per heavy atom. The van der Waals surface area contributed by atoms with E-state index in [1.165, 1.54) is 0 Å². The van der Waals surface area contributed by atoms with E-state index in [0.29, 0.717) is 5.57 Å². The van der Waals surface area contributed by atoms with Crippen LogP contribution in [0.25, 0.3) is 0 Å². The summed E-state index contributed by atoms with van der Waals surface area (Å²) in [5.41, 5.74) is -0.345. The number of amides is 1. The highest BCUT2D eigenvalue weighted by Crippen LogP contribution is 2.40. The van der Waals surface area contributed by atoms with Crippen LogP contribution in [0.5, 0.6) is 0 Å². The van der Waals surface area contributed by atoms with E-state index in [1.54, 1.807) is 12.2 Å². The summed E-state index contributed by atoms with van der Waals surface area (Å²) in [7, 11) is 0. The van der Waals surface area contributed by atoms with Gasteiger partial charge in [-0.15, -0.1) is 0 Å². The second-order valence-corrected chi connectivity index (χ2v) is 5.50. The van der Waals surface area contributed by atoms with Crippen molar-refractivity contribution in [2.75, 3.05) is 6.54 Å². The molecule has 0 bridgehead atoms. The molecule has 24 heavy (non-hydrogen) atoms. The SMILES string of the molecule is C=C(C)/C=C\C(=C)CNC(=O)CCC(C)(C)C(F)(F)F.CC.CC. The van der Waals surface area contributed by atoms with Crippen molar-refractivity contribution in [1.82, 2.24) is 5.32 Å². The number of carbonyl (C=O) groups excluding carboxylic acids is 1. The molecule has 5 heteroatoms. The third-order valence-corrected chi connectivity index (χ3v) is 2.86. The Kier molecular flexibility index (Phi) is 15.8. The number of hydrogen-bond donors (Lipinski definition) is 1. The molecule has 0 radical (unpaired) electrons. The van der Waals surface area contributed by atoms with E-state index in [9.17, 15) is 18.0 Å². The largest absolute Gasteiger partial charge is 0.393 e. The summed E-state index contributed by atoms with van der Waals surface area (Å²) in [6.07, 6.45) is -1.25. The van der Waals surface area contributed by atoms with E-state index >= 15 is 0 Å². The molecule has 2 nitrogen and oxygen atoms in total. The molecule has 0 aliphatic heterocycles. The number of hydrogen-bond acceptors (Lipinski definition) is 1. The first-order chi connectivity index (χ1) is 11.0. The van der Waals surface area contributed by atoms with Crippen molar-refractivity contribution < 1.29 is 18.0 Å². The molecule has 1 N–H and O–H groups in total. The Labute approximate surface area is 145 Å². The van der Waals surface area contributed by atoms with Gasteiger partial charge >= 0.3 is 6.18 Å². The van der Waals surface area contributed by atoms with Crippen molar-refractivity contribution in [1.29, 1.82) is 0 Å². The summed E-state index contributed by atoms with van der Waals surface area (Å²) in [6.45, 7) is 19.6. The Bertz CT molecular complexity index is 407. The zero-order valence-corrected chi connectivity index (χ0v) is 16.2. The van der Waals surface area contributed by atoms with E-state index in [2.05, 4.69) is 18.5 Å². The van der Waals surface area contributed by atoms with Crippen LogP contribution in [0.2, 0.25) is 0 Å². The van der Waals surface area contributed by atoms with Crippen LogP contribution in [0.4, 0.5) is 13.2 Å². The molecule has 0 atom stereocenters. The van der Waals surface area contributed by atoms with Crippen molar-refractivity contribution in [3.63, 3.8) is 0 Å². The fourth-order valence-electron chi connectivity index (χ4n) is 1.19. The van der Waals surface area contributed by atoms with Gasteiger partial charge in [-0.05, 0) is 18.9 Å². The molecular weight excluding hydrogens is 315 g/mol. The summed E-state index contributed by atoms with van der Waals surface area (Å²) < 4.78 is 37.8. The molecule has 142 valence electrons. The minimum absolute atomic E-state index is 0.163. The van der Waals surface area contributed by atoms with Crippen LogP contribution < -0.4 is 5.32 Å². The van der Waals surface area contributed by atoms with Gasteiger partial charge < -0.3 is 5.32 Å². The molecule has 0 spiro atoms. The molecule has 0 aliphatic carbocycles. The van der Waals surface area contributed by atoms with E-state index in [-0.39, 0.29) is 19.4 Å². The lowest BCUT2D eigenvalue weighted by Crippen LogP contribution is -2.34. The Hall–Kier alpha value is -1.52. The van der Waals surface area contributed by atoms with Gasteiger partial charge in [0.1, 0.15) is 0 Å². The molecule has 0 fully saturated rings. The Balaban J connectivity index is -0.00000102. The molecule has 1 amide bonds. The van der Waals surface area contributed by atoms with Crippen LogP contribution in [0.15, 0.2) is 36.5 Å². The van der Waals surface area contributed by atoms with Crippen molar-refractivity contribution in [2.45, 2.75) is 67.5 Å². The van der Waals surface area contributed by atoms with Gasteiger partial charge in [-0.2, -0.15) is 13.2 Å². The van der Waals surface area contributed by atoms with Crippen LogP contribution >= 0.6 is 0 Å². The van der Waals surface area contributed by atoms with E-state index in [0.717, 1.165) is 19.4 Å². The first-order valence-electron chi connectivity index (χ1n) is 8.30. The van der Waals surface area contributed by atoms with Crippen LogP contribution in [0.1, 0.15) is 61.3 Å². The summed E-state index contributed by atoms with van der Waals surface area (Å²) in [4.78, 5) is 11.5. The van der Waals surface area contributed by atoms with Gasteiger partial charge in [-0.25, -0.2) is 0 Å². The summed E-state index contributed by atoms with van der Waals surface area (Å²) >= 11 is 0. The van der Waals surface area contributed by atoms with E-state index < -0.39 is 17.5 Å². The lowest BCUT2D eigenvalue weighted by Gasteiger charge is -2.27. The highest BCUT2D eigenvalue weighted by molar-refractivity contribution is 5.76. The van der Waals surface area contributed by atoms with E-state index in [4.69, 9.17) is 0 Å². The lowest BCUT2D eigenvalue weighted by molar-refractivity contribution is -0.213. The van der Waals surface area contributed by atoms with Gasteiger partial charge in [0.2, 0.25) is 5.91 Å². The fraction of sp³-hybridized carbons (Fsp3) is 0.632. The van der Waals surface area contributed by atoms with Gasteiger partial charge in [0.15, 0.2) is 0 Å². The zero-order valence-electron chi connectivity index (χ0n) is 16.2. The second-order valence-electron chi connectivity index (χ2n) is 5.50. The number of alkyl halides is 3. The standard InChI is InChI=1S/C15H22F3NO.2C2H6/c1-11(2)6-7-12(3)10-19-13(20)8-9-14(4,5)15(16,17)18;2*1-2/h6-7H,1,3,8-10H2,2,4-5H3,(H,19,20);2*1-2H3/b7-6-;;. The normalized spacial score (nSPS) is 10.9. The van der Waals surface area contributed by atoms with Crippen LogP contribution in [-0.4, -0.2) is 18.6 Å². The maximum absolute atomic E-state index is 12.6. The molecule has 0 aromatic rings. The predicted molar refractivity (Wildman–Crippen MR) is 97.9 cm³/mol. The van der Waals surface area contributed by atoms with Gasteiger partial charge in [-0.1, -0.05) is 72.4 Å². The highest BCUT2D eigenvalue weighted by atomic mass is 19.4. The predicted octanol–water partition coefficient (Wildman–Crippen LogP) is 6.21. The Morgan fingerprint density at radius 3 is 1.88 bits per heavy atom. The third-order valence-electron chi connectivity index (χ3n) is 2.86. The van der Waals surface area contributed by atoms with Crippen molar-refractivity contribution in [3.8, 4) is 0 Å². The number of allylic oxidation sites excluding steroid dienone is 2. The topological polar surface area (TPSA) is 29.1 Å². The molecular formula is C19H34F3NO. The van der Waals surface area contributed by atoms with Gasteiger partial charge in [-0.3, -0.25) is 4.79 Å². The van der Waals surface area contributed by atoms with E-state index in [1.807, 2.05) is 34.6 Å². The third kappa shape index (κ3) is 14.1. The average molecular weight is 349 g/mol. The molecule has 0 aromatic heterocycles. The summed E-state index contributed by atoms with van der Waals surface area (Å²) in [6, 6.07) is 0. The monoisotopic (exact) mass is 349 g/mol. The summed E-state index contributed by atoms with van der Waals surface area (Å²) in [5, 5.41) is 2.54. The molecule has 0 aromatic carbocycles. The molecule has 0 aliphatic rings. The maximum atomic E-state index is 12.6. The van der Waals surface area contributed by atoms with Crippen LogP contribution in [0, 0.1) is 5.41 Å². The molecule has 0 rings (SSSR count). The molecule has 0 saturated heterocycles. The van der Waals surface area contributed by atoms with Gasteiger partial charge in [0, 0.05) is 13.0 Å². The molecule has 0 saturated carbocycles. The first-order valence-corrected chi connectivity index (χ1v) is 8.30. The fourth-order valence-corrected chi connectivity index (χ4v) is 1.19. The highest BCUT2D eigenvalue weighted by Gasteiger charge is 2.46. The molecule has 0 unspecified atom stereocenters. The number of nitrogens with one attached hydrogen (secondary N) is 1. The van der Waals surface area contributed by atoms with Crippen molar-refractivity contribution in [2.24, 2.45) is 5.41 Å².